The summed E-state index contributed by atoms with van der Waals surface area (Å²) in [5.41, 5.74) is 5.32. The van der Waals surface area contributed by atoms with Gasteiger partial charge in [-0.2, -0.15) is 0 Å². The van der Waals surface area contributed by atoms with Crippen molar-refractivity contribution in [3.8, 4) is 0 Å². The molecule has 385 valence electrons. The standard InChI is InChI=1S/C35H57N11O18S2.Gd.H2O/c36-3-9-64-10-4-37-25(48)12-40-33(60)21-19-65-66-20-22(34(61)41-14-28(51)43-21)42-27(50)13-39-26(49)11-38-24(47)2-1-23(35(62)63)46(7-5-44(15-29(52)53)16-30(54)55)8-6-45(17-31(56)57)18-32(58)59;;/h21-23H,1-20,36H2,(H,37,48)(H,38,47)(H,39,49)(H,40,60)(H,41,61)(H,42,50)(H,43,51)(H,52,53)(H,54,55)(H,56,57)(H,58,59)(H,62,63);;1H2/q;+3;/p+1/t21-,22-,23-;;/m0../s1. The summed E-state index contributed by atoms with van der Waals surface area (Å²) in [7, 11) is 2.18. The van der Waals surface area contributed by atoms with Gasteiger partial charge in [0.1, 0.15) is 18.1 Å². The van der Waals surface area contributed by atoms with Crippen molar-refractivity contribution in [2.75, 3.05) is 116 Å². The van der Waals surface area contributed by atoms with Crippen LogP contribution in [0.4, 0.5) is 0 Å². The van der Waals surface area contributed by atoms with Crippen LogP contribution >= 0.6 is 21.6 Å². The van der Waals surface area contributed by atoms with E-state index in [-0.39, 0.29) is 103 Å². The van der Waals surface area contributed by atoms with Crippen LogP contribution in [0.15, 0.2) is 0 Å². The average Bonchev–Trinajstić information content (AvgIpc) is 3.25. The van der Waals surface area contributed by atoms with Crippen LogP contribution in [0.1, 0.15) is 12.8 Å². The van der Waals surface area contributed by atoms with Gasteiger partial charge in [0, 0.05) is 57.2 Å². The molecule has 1 radical (unpaired) electrons. The number of carbonyl (C=O) groups excluding carboxylic acids is 7. The number of nitrogens with one attached hydrogen (secondary N) is 7. The Kier molecular flexibility index (Phi) is 36.0. The molecule has 0 aromatic rings. The van der Waals surface area contributed by atoms with E-state index < -0.39 is 148 Å². The van der Waals surface area contributed by atoms with E-state index in [0.717, 1.165) is 31.4 Å². The van der Waals surface area contributed by atoms with Crippen molar-refractivity contribution in [2.24, 2.45) is 5.73 Å². The number of hydrogen-bond donors (Lipinski definition) is 13. The van der Waals surface area contributed by atoms with Crippen LogP contribution in [0.25, 0.3) is 0 Å². The van der Waals surface area contributed by atoms with E-state index in [1.165, 1.54) is 4.90 Å². The van der Waals surface area contributed by atoms with Gasteiger partial charge >= 0.3 is 69.8 Å². The fourth-order valence-corrected chi connectivity index (χ4v) is 7.90. The molecule has 30 nitrogen and oxygen atoms in total. The van der Waals surface area contributed by atoms with Crippen molar-refractivity contribution in [3.63, 3.8) is 0 Å². The summed E-state index contributed by atoms with van der Waals surface area (Å²) in [6, 6.07) is -3.79. The molecule has 0 saturated carbocycles. The third-order valence-corrected chi connectivity index (χ3v) is 11.1. The Bertz CT molecular complexity index is 1650. The normalized spacial score (nSPS) is 15.4. The first-order valence-electron chi connectivity index (χ1n) is 20.0. The molecular formula is C35H60GdN11O19S2+4. The van der Waals surface area contributed by atoms with Gasteiger partial charge in [-0.05, 0) is 6.42 Å². The SMILES string of the molecule is NCCOCCNC(=O)CNC(=O)[C@@H]1CSSC[C@H](NC(=O)CNC(=O)CNC(=O)CC[C@@H](C(=O)O)N(CCN(CC(=O)O)CC(=O)O)CCN(CC(=O)O)CC(=O)O)C(=O)NCC(=O)N1.[Gd+3].[OH3+]. The molecule has 1 aliphatic heterocycles. The zero-order valence-corrected chi connectivity index (χ0v) is 40.5. The number of aliphatic carboxylic acids is 5. The minimum atomic E-state index is -1.51. The smallest absolute Gasteiger partial charge is 0.480 e. The minimum absolute atomic E-state index is 0. The molecule has 0 bridgehead atoms. The van der Waals surface area contributed by atoms with Crippen LogP contribution < -0.4 is 43.0 Å². The Morgan fingerprint density at radius 1 is 0.691 bits per heavy atom. The fraction of sp³-hybridized carbons (Fsp3) is 0.657. The van der Waals surface area contributed by atoms with Crippen LogP contribution in [0.2, 0.25) is 0 Å². The summed E-state index contributed by atoms with van der Waals surface area (Å²) in [4.78, 5) is 149. The predicted octanol–water partition coefficient (Wildman–Crippen LogP) is -8.54. The van der Waals surface area contributed by atoms with Gasteiger partial charge in [0.05, 0.1) is 65.6 Å². The van der Waals surface area contributed by atoms with E-state index in [0.29, 0.717) is 13.2 Å². The largest absolute Gasteiger partial charge is 3.00 e. The van der Waals surface area contributed by atoms with Crippen LogP contribution in [0, 0.1) is 39.9 Å². The number of hydrogen-bond acceptors (Lipinski definition) is 19. The maximum Gasteiger partial charge on any atom is 3.00 e. The molecule has 1 heterocycles. The van der Waals surface area contributed by atoms with E-state index in [1.807, 2.05) is 0 Å². The Balaban J connectivity index is 0. The van der Waals surface area contributed by atoms with Crippen LogP contribution in [0.5, 0.6) is 0 Å². The Labute approximate surface area is 428 Å². The van der Waals surface area contributed by atoms with Crippen molar-refractivity contribution >= 4 is 92.8 Å². The Hall–Kier alpha value is -4.58. The zero-order chi connectivity index (χ0) is 49.6. The van der Waals surface area contributed by atoms with Gasteiger partial charge in [0.2, 0.25) is 41.4 Å². The van der Waals surface area contributed by atoms with Crippen LogP contribution in [0.3, 0.4) is 0 Å². The van der Waals surface area contributed by atoms with Crippen molar-refractivity contribution in [3.05, 3.63) is 0 Å². The van der Waals surface area contributed by atoms with Crippen molar-refractivity contribution in [2.45, 2.75) is 31.0 Å². The summed E-state index contributed by atoms with van der Waals surface area (Å²) in [5.74, 6) is -12.2. The number of nitrogens with two attached hydrogens (primary N) is 1. The number of ether oxygens (including phenoxy) is 1. The molecule has 1 aliphatic rings. The van der Waals surface area contributed by atoms with Gasteiger partial charge < -0.3 is 78.7 Å². The zero-order valence-electron chi connectivity index (χ0n) is 36.6. The van der Waals surface area contributed by atoms with Crippen molar-refractivity contribution in [1.82, 2.24) is 51.9 Å². The molecule has 3 atom stereocenters. The molecule has 0 unspecified atom stereocenters. The molecule has 0 aliphatic carbocycles. The summed E-state index contributed by atoms with van der Waals surface area (Å²) in [5, 5.41) is 63.5. The molecule has 1 fully saturated rings. The third kappa shape index (κ3) is 31.5. The number of carbonyl (C=O) groups is 12. The van der Waals surface area contributed by atoms with Crippen LogP contribution in [-0.4, -0.2) is 246 Å². The number of carboxylic acid groups (broad SMARTS) is 5. The second kappa shape index (κ2) is 37.3. The van der Waals surface area contributed by atoms with Crippen molar-refractivity contribution < 1.29 is 133 Å². The number of carboxylic acids is 5. The van der Waals surface area contributed by atoms with Gasteiger partial charge in [-0.3, -0.25) is 72.2 Å². The quantitative estimate of drug-likeness (QED) is 0.0169. The molecule has 17 N–H and O–H groups in total. The molecular weight excluding hydrogens is 1100 g/mol. The minimum Gasteiger partial charge on any atom is -0.480 e. The van der Waals surface area contributed by atoms with Gasteiger partial charge in [0.25, 0.3) is 0 Å². The Morgan fingerprint density at radius 2 is 1.19 bits per heavy atom. The fourth-order valence-electron chi connectivity index (χ4n) is 5.58. The van der Waals surface area contributed by atoms with Crippen molar-refractivity contribution in [1.29, 1.82) is 0 Å². The van der Waals surface area contributed by atoms with Gasteiger partial charge in [-0.15, -0.1) is 0 Å². The molecule has 0 spiro atoms. The first-order chi connectivity index (χ1) is 31.2. The molecule has 68 heavy (non-hydrogen) atoms. The summed E-state index contributed by atoms with van der Waals surface area (Å²) in [6.07, 6.45) is -0.940. The van der Waals surface area contributed by atoms with E-state index in [4.69, 9.17) is 10.5 Å². The molecule has 0 aromatic carbocycles. The predicted molar refractivity (Wildman–Crippen MR) is 234 cm³/mol. The molecule has 0 aromatic heterocycles. The molecule has 1 saturated heterocycles. The van der Waals surface area contributed by atoms with Gasteiger partial charge in [-0.25, -0.2) is 0 Å². The second-order valence-corrected chi connectivity index (χ2v) is 16.5. The Morgan fingerprint density at radius 3 is 1.72 bits per heavy atom. The maximum absolute atomic E-state index is 12.8. The monoisotopic (exact) mass is 1160 g/mol. The summed E-state index contributed by atoms with van der Waals surface area (Å²) >= 11 is 0. The molecule has 33 heteroatoms. The van der Waals surface area contributed by atoms with Gasteiger partial charge in [0.15, 0.2) is 0 Å². The van der Waals surface area contributed by atoms with Crippen LogP contribution in [-0.2, 0) is 67.7 Å². The maximum atomic E-state index is 12.8. The number of rotatable bonds is 32. The first kappa shape index (κ1) is 65.5. The second-order valence-electron chi connectivity index (χ2n) is 14.0. The van der Waals surface area contributed by atoms with E-state index in [1.54, 1.807) is 0 Å². The van der Waals surface area contributed by atoms with E-state index >= 15 is 0 Å². The molecule has 1 rings (SSSR count). The van der Waals surface area contributed by atoms with E-state index in [2.05, 4.69) is 37.2 Å². The molecule has 7 amide bonds. The topological polar surface area (TPSA) is 468 Å². The summed E-state index contributed by atoms with van der Waals surface area (Å²) < 4.78 is 5.15. The number of amides is 7. The first-order valence-corrected chi connectivity index (χ1v) is 22.4. The van der Waals surface area contributed by atoms with E-state index in [9.17, 15) is 83.1 Å². The third-order valence-electron chi connectivity index (χ3n) is 8.64. The van der Waals surface area contributed by atoms with Gasteiger partial charge in [-0.1, -0.05) is 21.6 Å². The number of nitrogens with zero attached hydrogens (tertiary/aromatic N) is 3. The summed E-state index contributed by atoms with van der Waals surface area (Å²) in [6.45, 7) is -5.37. The average molecular weight is 1160 g/mol.